The van der Waals surface area contributed by atoms with Crippen LogP contribution in [-0.2, 0) is 23.9 Å². The lowest BCUT2D eigenvalue weighted by Crippen LogP contribution is -2.67. The number of aliphatic carboxylic acids is 1. The molecular formula is C39H63NO9. The number of fused-ring (bicyclic) bond motifs is 7. The predicted molar refractivity (Wildman–Crippen MR) is 183 cm³/mol. The van der Waals surface area contributed by atoms with Gasteiger partial charge in [-0.2, -0.15) is 0 Å². The van der Waals surface area contributed by atoms with Crippen LogP contribution in [-0.4, -0.2) is 87.8 Å². The maximum Gasteiger partial charge on any atom is 0.323 e. The Kier molecular flexibility index (Phi) is 9.52. The molecule has 0 aromatic rings. The van der Waals surface area contributed by atoms with Crippen molar-refractivity contribution >= 4 is 11.9 Å². The first-order chi connectivity index (χ1) is 22.8. The van der Waals surface area contributed by atoms with E-state index in [0.29, 0.717) is 17.8 Å². The lowest BCUT2D eigenvalue weighted by Gasteiger charge is -2.72. The average Bonchev–Trinajstić information content (AvgIpc) is 3.44. The maximum atomic E-state index is 13.5. The highest BCUT2D eigenvalue weighted by Crippen LogP contribution is 2.77. The summed E-state index contributed by atoms with van der Waals surface area (Å²) in [4.78, 5) is 31.9. The molecule has 10 heteroatoms. The highest BCUT2D eigenvalue weighted by Gasteiger charge is 2.72. The van der Waals surface area contributed by atoms with Gasteiger partial charge >= 0.3 is 11.9 Å². The van der Waals surface area contributed by atoms with Crippen molar-refractivity contribution in [2.75, 3.05) is 13.7 Å². The van der Waals surface area contributed by atoms with Crippen molar-refractivity contribution in [2.45, 2.75) is 149 Å². The third kappa shape index (κ3) is 5.31. The summed E-state index contributed by atoms with van der Waals surface area (Å²) in [5, 5.41) is 42.9. The van der Waals surface area contributed by atoms with E-state index in [2.05, 4.69) is 48.1 Å². The third-order valence-electron chi connectivity index (χ3n) is 16.3. The van der Waals surface area contributed by atoms with Crippen molar-refractivity contribution in [2.24, 2.45) is 56.7 Å². The SMILES string of the molecule is C=C(C)[C@@H]1CC[C@]2(C(=O)O)CC[C@]3(C)C(CCC4[C@@]5(C)CC[C@H](OC(=O)CN(OC)C6O[C@@H](C)[C@@H](O)[C@@H](O)[C@@H]6O)C(C)(C)C5CC[C@]43C)C12. The van der Waals surface area contributed by atoms with Crippen molar-refractivity contribution in [1.82, 2.24) is 5.06 Å². The van der Waals surface area contributed by atoms with Gasteiger partial charge in [0.2, 0.25) is 0 Å². The van der Waals surface area contributed by atoms with Crippen molar-refractivity contribution < 1.29 is 44.3 Å². The van der Waals surface area contributed by atoms with Gasteiger partial charge in [-0.25, -0.2) is 0 Å². The standard InChI is InChI=1S/C39H63NO9/c1-21(2)23-12-17-39(34(45)46)19-18-37(7)24(29(23)39)10-11-26-36(6)15-14-27(35(4,5)25(36)13-16-38(26,37)8)49-28(41)20-40(47-9)33-32(44)31(43)30(42)22(3)48-33/h22-27,29-33,42-44H,1,10-20H2,2-9H3,(H,45,46)/t22-,23-,24?,25?,26?,27-,29?,30+,31+,32-,33?,36-,37+,38+,39-/m0/s1. The number of aliphatic hydroxyl groups is 3. The number of carboxylic acid groups (broad SMARTS) is 1. The minimum Gasteiger partial charge on any atom is -0.481 e. The molecule has 1 aliphatic heterocycles. The molecule has 278 valence electrons. The fraction of sp³-hybridized carbons (Fsp3) is 0.897. The molecular weight excluding hydrogens is 626 g/mol. The molecule has 0 amide bonds. The molecule has 0 radical (unpaired) electrons. The van der Waals surface area contributed by atoms with Gasteiger partial charge in [-0.05, 0) is 124 Å². The van der Waals surface area contributed by atoms with E-state index < -0.39 is 48.0 Å². The summed E-state index contributed by atoms with van der Waals surface area (Å²) >= 11 is 0. The molecule has 5 unspecified atom stereocenters. The van der Waals surface area contributed by atoms with E-state index in [-0.39, 0.29) is 46.1 Å². The van der Waals surface area contributed by atoms with Crippen molar-refractivity contribution in [3.63, 3.8) is 0 Å². The summed E-state index contributed by atoms with van der Waals surface area (Å²) in [5.74, 6) is 0.558. The van der Waals surface area contributed by atoms with E-state index in [4.69, 9.17) is 14.3 Å². The van der Waals surface area contributed by atoms with Crippen LogP contribution in [0.1, 0.15) is 113 Å². The molecule has 0 spiro atoms. The van der Waals surface area contributed by atoms with Crippen molar-refractivity contribution in [1.29, 1.82) is 0 Å². The molecule has 4 N–H and O–H groups in total. The quantitative estimate of drug-likeness (QED) is 0.157. The number of hydroxylamine groups is 2. The van der Waals surface area contributed by atoms with E-state index >= 15 is 0 Å². The molecule has 1 saturated heterocycles. The Morgan fingerprint density at radius 2 is 1.55 bits per heavy atom. The Labute approximate surface area is 292 Å². The Hall–Kier alpha value is -1.56. The Morgan fingerprint density at radius 1 is 0.857 bits per heavy atom. The van der Waals surface area contributed by atoms with Crippen LogP contribution in [0.2, 0.25) is 0 Å². The summed E-state index contributed by atoms with van der Waals surface area (Å²) in [6.45, 7) is 19.8. The maximum absolute atomic E-state index is 13.5. The van der Waals surface area contributed by atoms with E-state index in [1.165, 1.54) is 12.2 Å². The third-order valence-corrected chi connectivity index (χ3v) is 16.3. The number of esters is 1. The van der Waals surface area contributed by atoms with E-state index in [0.717, 1.165) is 69.8 Å². The summed E-state index contributed by atoms with van der Waals surface area (Å²) in [5.41, 5.74) is 0.441. The summed E-state index contributed by atoms with van der Waals surface area (Å²) < 4.78 is 12.0. The Balaban J connectivity index is 1.19. The van der Waals surface area contributed by atoms with Crippen LogP contribution >= 0.6 is 0 Å². The molecule has 1 heterocycles. The summed E-state index contributed by atoms with van der Waals surface area (Å²) in [6.07, 6.45) is 3.06. The molecule has 6 aliphatic rings. The molecule has 0 bridgehead atoms. The smallest absolute Gasteiger partial charge is 0.323 e. The van der Waals surface area contributed by atoms with E-state index in [1.807, 2.05) is 0 Å². The van der Waals surface area contributed by atoms with Crippen LogP contribution in [0.15, 0.2) is 12.2 Å². The molecule has 0 aromatic heterocycles. The monoisotopic (exact) mass is 689 g/mol. The number of hydrogen-bond acceptors (Lipinski definition) is 9. The first-order valence-electron chi connectivity index (χ1n) is 18.9. The number of ether oxygens (including phenoxy) is 2. The molecule has 6 fully saturated rings. The molecule has 6 rings (SSSR count). The molecule has 5 aliphatic carbocycles. The van der Waals surface area contributed by atoms with Gasteiger partial charge in [0.25, 0.3) is 0 Å². The molecule has 49 heavy (non-hydrogen) atoms. The topological polar surface area (TPSA) is 146 Å². The number of allylic oxidation sites excluding steroid dienone is 1. The van der Waals surface area contributed by atoms with Crippen LogP contribution in [0, 0.1) is 56.7 Å². The normalized spacial score (nSPS) is 50.4. The second-order valence-electron chi connectivity index (χ2n) is 18.4. The minimum absolute atomic E-state index is 0.0511. The highest BCUT2D eigenvalue weighted by atomic mass is 16.7. The molecule has 15 atom stereocenters. The highest BCUT2D eigenvalue weighted by molar-refractivity contribution is 5.76. The average molecular weight is 690 g/mol. The fourth-order valence-electron chi connectivity index (χ4n) is 13.5. The zero-order valence-corrected chi connectivity index (χ0v) is 31.1. The van der Waals surface area contributed by atoms with Gasteiger partial charge in [0.05, 0.1) is 18.6 Å². The summed E-state index contributed by atoms with van der Waals surface area (Å²) in [6, 6.07) is 0. The van der Waals surface area contributed by atoms with Crippen molar-refractivity contribution in [3.8, 4) is 0 Å². The van der Waals surface area contributed by atoms with Gasteiger partial charge in [0.15, 0.2) is 6.23 Å². The molecule has 10 nitrogen and oxygen atoms in total. The first-order valence-corrected chi connectivity index (χ1v) is 18.9. The predicted octanol–water partition coefficient (Wildman–Crippen LogP) is 5.33. The lowest BCUT2D eigenvalue weighted by atomic mass is 9.32. The number of hydrogen-bond donors (Lipinski definition) is 4. The van der Waals surface area contributed by atoms with Crippen LogP contribution in [0.5, 0.6) is 0 Å². The van der Waals surface area contributed by atoms with Crippen molar-refractivity contribution in [3.05, 3.63) is 12.2 Å². The van der Waals surface area contributed by atoms with E-state index in [1.54, 1.807) is 6.92 Å². The largest absolute Gasteiger partial charge is 0.481 e. The number of carboxylic acids is 1. The zero-order chi connectivity index (χ0) is 36.1. The van der Waals surface area contributed by atoms with Gasteiger partial charge in [0, 0.05) is 5.41 Å². The van der Waals surface area contributed by atoms with Crippen LogP contribution in [0.25, 0.3) is 0 Å². The van der Waals surface area contributed by atoms with Crippen LogP contribution in [0.3, 0.4) is 0 Å². The van der Waals surface area contributed by atoms with Gasteiger partial charge in [0.1, 0.15) is 31.0 Å². The number of carbonyl (C=O) groups is 2. The van der Waals surface area contributed by atoms with Crippen LogP contribution in [0.4, 0.5) is 0 Å². The minimum atomic E-state index is -1.47. The number of aliphatic hydroxyl groups excluding tert-OH is 3. The number of carbonyl (C=O) groups excluding carboxylic acids is 1. The molecule has 5 saturated carbocycles. The van der Waals surface area contributed by atoms with Crippen LogP contribution < -0.4 is 0 Å². The van der Waals surface area contributed by atoms with Gasteiger partial charge < -0.3 is 29.9 Å². The number of rotatable bonds is 7. The van der Waals surface area contributed by atoms with E-state index in [9.17, 15) is 30.0 Å². The van der Waals surface area contributed by atoms with Gasteiger partial charge in [-0.1, -0.05) is 46.8 Å². The Morgan fingerprint density at radius 3 is 2.18 bits per heavy atom. The first kappa shape index (κ1) is 37.2. The van der Waals surface area contributed by atoms with Gasteiger partial charge in [-0.15, -0.1) is 5.06 Å². The zero-order valence-electron chi connectivity index (χ0n) is 31.1. The summed E-state index contributed by atoms with van der Waals surface area (Å²) in [7, 11) is 1.37. The second kappa shape index (κ2) is 12.5. The Bertz CT molecular complexity index is 1320. The second-order valence-corrected chi connectivity index (χ2v) is 18.4. The molecule has 0 aromatic carbocycles. The van der Waals surface area contributed by atoms with Gasteiger partial charge in [-0.3, -0.25) is 14.4 Å². The number of nitrogens with zero attached hydrogens (tertiary/aromatic N) is 1. The lowest BCUT2D eigenvalue weighted by molar-refractivity contribution is -0.321. The fourth-order valence-corrected chi connectivity index (χ4v) is 13.5.